The van der Waals surface area contributed by atoms with Crippen molar-refractivity contribution in [3.63, 3.8) is 0 Å². The molecule has 0 aromatic heterocycles. The van der Waals surface area contributed by atoms with E-state index < -0.39 is 18.0 Å². The van der Waals surface area contributed by atoms with Crippen molar-refractivity contribution in [1.82, 2.24) is 10.6 Å². The molecule has 8 nitrogen and oxygen atoms in total. The lowest BCUT2D eigenvalue weighted by Crippen LogP contribution is -2.46. The molecule has 0 unspecified atom stereocenters. The second-order valence-corrected chi connectivity index (χ2v) is 11.2. The number of ether oxygens (including phenoxy) is 2. The van der Waals surface area contributed by atoms with E-state index in [1.54, 1.807) is 0 Å². The number of esters is 1. The molecule has 0 spiro atoms. The van der Waals surface area contributed by atoms with Crippen LogP contribution in [0.5, 0.6) is 0 Å². The first-order valence-corrected chi connectivity index (χ1v) is 15.2. The van der Waals surface area contributed by atoms with Crippen LogP contribution >= 0.6 is 0 Å². The van der Waals surface area contributed by atoms with Crippen molar-refractivity contribution >= 4 is 17.8 Å². The minimum atomic E-state index is -0.651. The minimum absolute atomic E-state index is 0.0447. The molecule has 0 radical (unpaired) electrons. The van der Waals surface area contributed by atoms with Crippen LogP contribution in [0.15, 0.2) is 103 Å². The van der Waals surface area contributed by atoms with E-state index in [4.69, 9.17) is 9.47 Å². The number of aliphatic hydroxyl groups is 1. The largest absolute Gasteiger partial charge is 0.463 e. The number of allylic oxidation sites excluding steroid dienone is 2. The zero-order chi connectivity index (χ0) is 31.0. The van der Waals surface area contributed by atoms with E-state index >= 15 is 0 Å². The van der Waals surface area contributed by atoms with Gasteiger partial charge >= 0.3 is 5.97 Å². The molecular weight excluding hydrogens is 556 g/mol. The Labute approximate surface area is 259 Å². The first-order chi connectivity index (χ1) is 21.5. The molecule has 0 saturated carbocycles. The fraction of sp³-hybridized carbons (Fsp3) is 0.361. The van der Waals surface area contributed by atoms with Crippen LogP contribution in [0.2, 0.25) is 0 Å². The average Bonchev–Trinajstić information content (AvgIpc) is 3.04. The Morgan fingerprint density at radius 1 is 0.864 bits per heavy atom. The molecule has 2 amide bonds. The molecule has 44 heavy (non-hydrogen) atoms. The lowest BCUT2D eigenvalue weighted by Gasteiger charge is -2.25. The summed E-state index contributed by atoms with van der Waals surface area (Å²) in [7, 11) is 0. The van der Waals surface area contributed by atoms with Crippen LogP contribution in [-0.4, -0.2) is 54.8 Å². The molecule has 0 aliphatic carbocycles. The van der Waals surface area contributed by atoms with Crippen LogP contribution in [0, 0.1) is 11.8 Å². The van der Waals surface area contributed by atoms with Gasteiger partial charge in [-0.25, -0.2) is 0 Å². The lowest BCUT2D eigenvalue weighted by atomic mass is 9.94. The summed E-state index contributed by atoms with van der Waals surface area (Å²) in [4.78, 5) is 39.7. The monoisotopic (exact) mass is 598 g/mol. The molecule has 8 heteroatoms. The number of benzene rings is 3. The number of carbonyl (C=O) groups excluding carboxylic acids is 3. The van der Waals surface area contributed by atoms with Crippen molar-refractivity contribution in [3.05, 3.63) is 120 Å². The van der Waals surface area contributed by atoms with E-state index in [0.29, 0.717) is 32.3 Å². The summed E-state index contributed by atoms with van der Waals surface area (Å²) >= 11 is 0. The molecule has 0 bridgehead atoms. The third-order valence-corrected chi connectivity index (χ3v) is 7.58. The lowest BCUT2D eigenvalue weighted by molar-refractivity contribution is -0.150. The second-order valence-electron chi connectivity index (χ2n) is 11.2. The van der Waals surface area contributed by atoms with Crippen LogP contribution < -0.4 is 10.6 Å². The highest BCUT2D eigenvalue weighted by Gasteiger charge is 2.27. The molecule has 1 aliphatic heterocycles. The van der Waals surface area contributed by atoms with Gasteiger partial charge in [0, 0.05) is 6.42 Å². The highest BCUT2D eigenvalue weighted by atomic mass is 16.5. The van der Waals surface area contributed by atoms with Crippen molar-refractivity contribution in [1.29, 1.82) is 0 Å². The van der Waals surface area contributed by atoms with E-state index in [1.807, 2.05) is 103 Å². The van der Waals surface area contributed by atoms with Crippen LogP contribution in [-0.2, 0) is 43.3 Å². The molecule has 1 aliphatic rings. The summed E-state index contributed by atoms with van der Waals surface area (Å²) in [6, 6.07) is 28.0. The number of nitrogens with one attached hydrogen (secondary N) is 2. The predicted octanol–water partition coefficient (Wildman–Crippen LogP) is 4.17. The third kappa shape index (κ3) is 11.1. The van der Waals surface area contributed by atoms with Gasteiger partial charge in [-0.15, -0.1) is 0 Å². The van der Waals surface area contributed by atoms with Gasteiger partial charge in [-0.1, -0.05) is 103 Å². The number of carbonyl (C=O) groups is 3. The van der Waals surface area contributed by atoms with Gasteiger partial charge in [0.25, 0.3) is 0 Å². The van der Waals surface area contributed by atoms with Crippen molar-refractivity contribution in [2.75, 3.05) is 19.8 Å². The maximum Gasteiger partial charge on any atom is 0.309 e. The van der Waals surface area contributed by atoms with Crippen LogP contribution in [0.3, 0.4) is 0 Å². The fourth-order valence-corrected chi connectivity index (χ4v) is 5.18. The number of aliphatic hydroxyl groups excluding tert-OH is 1. The van der Waals surface area contributed by atoms with Gasteiger partial charge in [-0.05, 0) is 42.4 Å². The summed E-state index contributed by atoms with van der Waals surface area (Å²) in [6.45, 7) is 0.218. The zero-order valence-electron chi connectivity index (χ0n) is 25.0. The second kappa shape index (κ2) is 17.8. The normalized spacial score (nSPS) is 20.0. The fourth-order valence-electron chi connectivity index (χ4n) is 5.18. The predicted molar refractivity (Wildman–Crippen MR) is 168 cm³/mol. The Kier molecular flexibility index (Phi) is 13.2. The van der Waals surface area contributed by atoms with Gasteiger partial charge in [0.05, 0.1) is 43.7 Å². The first-order valence-electron chi connectivity index (χ1n) is 15.2. The maximum atomic E-state index is 13.5. The molecule has 0 saturated heterocycles. The summed E-state index contributed by atoms with van der Waals surface area (Å²) in [6.07, 6.45) is 5.49. The Bertz CT molecular complexity index is 1330. The molecule has 1 heterocycles. The highest BCUT2D eigenvalue weighted by molar-refractivity contribution is 5.86. The third-order valence-electron chi connectivity index (χ3n) is 7.58. The Morgan fingerprint density at radius 3 is 2.09 bits per heavy atom. The van der Waals surface area contributed by atoms with Crippen molar-refractivity contribution in [2.45, 2.75) is 50.8 Å². The highest BCUT2D eigenvalue weighted by Crippen LogP contribution is 2.18. The van der Waals surface area contributed by atoms with Crippen molar-refractivity contribution in [3.8, 4) is 0 Å². The molecule has 3 N–H and O–H groups in total. The van der Waals surface area contributed by atoms with Crippen molar-refractivity contribution < 1.29 is 29.0 Å². The Balaban J connectivity index is 1.44. The van der Waals surface area contributed by atoms with Crippen LogP contribution in [0.25, 0.3) is 0 Å². The van der Waals surface area contributed by atoms with Gasteiger partial charge in [0.2, 0.25) is 11.8 Å². The standard InChI is InChI=1S/C36H42N2O6/c39-23-32(21-28-14-6-2-7-15-28)37-34(40)22-30-18-10-11-19-31(20-27-12-4-1-5-13-27)36(42)44-26-33(38-35(30)41)25-43-24-29-16-8-3-9-17-29/h1-17,30-33,39H,18-26H2,(H,37,40)(H,38,41)/t30-,31+,32-,33+/m1/s1. The van der Waals surface area contributed by atoms with E-state index in [9.17, 15) is 19.5 Å². The smallest absolute Gasteiger partial charge is 0.309 e. The molecule has 3 aromatic rings. The van der Waals surface area contributed by atoms with E-state index in [1.165, 1.54) is 0 Å². The topological polar surface area (TPSA) is 114 Å². The van der Waals surface area contributed by atoms with Gasteiger partial charge in [0.15, 0.2) is 0 Å². The Hall–Kier alpha value is -4.27. The van der Waals surface area contributed by atoms with Gasteiger partial charge in [-0.3, -0.25) is 14.4 Å². The SMILES string of the molecule is O=C(C[C@H]1CC=CC[C@@H](Cc2ccccc2)C(=O)OC[C@H](COCc2ccccc2)NC1=O)N[C@@H](CO)Cc1ccccc1. The molecule has 0 fully saturated rings. The Morgan fingerprint density at radius 2 is 1.45 bits per heavy atom. The van der Waals surface area contributed by atoms with E-state index in [-0.39, 0.29) is 49.9 Å². The van der Waals surface area contributed by atoms with E-state index in [0.717, 1.165) is 16.7 Å². The average molecular weight is 599 g/mol. The molecule has 4 rings (SSSR count). The number of hydrogen-bond acceptors (Lipinski definition) is 6. The molecule has 4 atom stereocenters. The van der Waals surface area contributed by atoms with E-state index in [2.05, 4.69) is 10.6 Å². The number of hydrogen-bond donors (Lipinski definition) is 3. The van der Waals surface area contributed by atoms with Crippen molar-refractivity contribution in [2.24, 2.45) is 11.8 Å². The summed E-state index contributed by atoms with van der Waals surface area (Å²) in [5.41, 5.74) is 3.02. The summed E-state index contributed by atoms with van der Waals surface area (Å²) in [5.74, 6) is -2.00. The van der Waals surface area contributed by atoms with Crippen LogP contribution in [0.1, 0.15) is 36.0 Å². The number of rotatable bonds is 12. The molecule has 232 valence electrons. The van der Waals surface area contributed by atoms with Gasteiger partial charge < -0.3 is 25.2 Å². The van der Waals surface area contributed by atoms with Gasteiger partial charge in [-0.2, -0.15) is 0 Å². The number of amides is 2. The summed E-state index contributed by atoms with van der Waals surface area (Å²) < 4.78 is 11.6. The quantitative estimate of drug-likeness (QED) is 0.213. The first kappa shape index (κ1) is 32.6. The van der Waals surface area contributed by atoms with Crippen LogP contribution in [0.4, 0.5) is 0 Å². The minimum Gasteiger partial charge on any atom is -0.463 e. The number of cyclic esters (lactones) is 1. The zero-order valence-corrected chi connectivity index (χ0v) is 25.0. The molecular formula is C36H42N2O6. The maximum absolute atomic E-state index is 13.5. The molecule has 3 aromatic carbocycles. The van der Waals surface area contributed by atoms with Gasteiger partial charge in [0.1, 0.15) is 6.61 Å². The summed E-state index contributed by atoms with van der Waals surface area (Å²) in [5, 5.41) is 15.7.